The van der Waals surface area contributed by atoms with Crippen LogP contribution in [0.2, 0.25) is 0 Å². The van der Waals surface area contributed by atoms with Gasteiger partial charge in [-0.1, -0.05) is 0 Å². The Morgan fingerprint density at radius 3 is 1.85 bits per heavy atom. The Hall–Kier alpha value is -0.120. The number of quaternary nitrogens is 3. The Kier molecular flexibility index (Phi) is 1.56. The SMILES string of the molecule is C[N+]12CC[N+](C3C[NH2+]C3)(CC1)CC2. The molecule has 0 aromatic carbocycles. The summed E-state index contributed by atoms with van der Waals surface area (Å²) in [6.07, 6.45) is 0. The van der Waals surface area contributed by atoms with Crippen molar-refractivity contribution in [2.75, 3.05) is 59.4 Å². The summed E-state index contributed by atoms with van der Waals surface area (Å²) in [7, 11) is 2.44. The van der Waals surface area contributed by atoms with E-state index in [1.54, 1.807) is 0 Å². The summed E-state index contributed by atoms with van der Waals surface area (Å²) in [5.74, 6) is 0. The largest absolute Gasteiger partial charge is 0.336 e. The molecule has 4 fully saturated rings. The maximum atomic E-state index is 2.47. The molecule has 0 aromatic heterocycles. The van der Waals surface area contributed by atoms with E-state index in [0.29, 0.717) is 0 Å². The highest BCUT2D eigenvalue weighted by atomic mass is 15.5. The highest BCUT2D eigenvalue weighted by molar-refractivity contribution is 4.69. The van der Waals surface area contributed by atoms with Gasteiger partial charge in [0.05, 0.1) is 7.05 Å². The molecule has 0 spiro atoms. The van der Waals surface area contributed by atoms with Crippen molar-refractivity contribution >= 4 is 0 Å². The second-order valence-corrected chi connectivity index (χ2v) is 5.59. The molecule has 13 heavy (non-hydrogen) atoms. The zero-order chi connectivity index (χ0) is 8.94. The second-order valence-electron chi connectivity index (χ2n) is 5.59. The summed E-state index contributed by atoms with van der Waals surface area (Å²) < 4.78 is 2.86. The lowest BCUT2D eigenvalue weighted by molar-refractivity contribution is -1.10. The van der Waals surface area contributed by atoms with Gasteiger partial charge >= 0.3 is 0 Å². The predicted molar refractivity (Wildman–Crippen MR) is 51.1 cm³/mol. The van der Waals surface area contributed by atoms with Crippen LogP contribution >= 0.6 is 0 Å². The molecule has 4 rings (SSSR count). The van der Waals surface area contributed by atoms with Crippen LogP contribution in [0.4, 0.5) is 0 Å². The average Bonchev–Trinajstić information content (AvgIpc) is 2.04. The van der Waals surface area contributed by atoms with Crippen molar-refractivity contribution in [1.82, 2.24) is 0 Å². The normalized spacial score (nSPS) is 50.5. The lowest BCUT2D eigenvalue weighted by Gasteiger charge is -2.57. The van der Waals surface area contributed by atoms with Crippen LogP contribution in [0, 0.1) is 0 Å². The van der Waals surface area contributed by atoms with Gasteiger partial charge in [-0.25, -0.2) is 0 Å². The Morgan fingerprint density at radius 1 is 0.923 bits per heavy atom. The number of fused-ring (bicyclic) bond motifs is 3. The van der Waals surface area contributed by atoms with Gasteiger partial charge in [-0.2, -0.15) is 0 Å². The Labute approximate surface area is 80.5 Å². The first-order valence-corrected chi connectivity index (χ1v) is 5.74. The molecule has 3 nitrogen and oxygen atoms in total. The molecule has 74 valence electrons. The van der Waals surface area contributed by atoms with Crippen molar-refractivity contribution in [1.29, 1.82) is 0 Å². The van der Waals surface area contributed by atoms with Gasteiger partial charge in [0.15, 0.2) is 6.04 Å². The molecule has 4 aliphatic heterocycles. The summed E-state index contributed by atoms with van der Waals surface area (Å²) in [6, 6.07) is 1.02. The minimum Gasteiger partial charge on any atom is -0.336 e. The quantitative estimate of drug-likeness (QED) is 0.464. The van der Waals surface area contributed by atoms with E-state index >= 15 is 0 Å². The highest BCUT2D eigenvalue weighted by Crippen LogP contribution is 2.27. The van der Waals surface area contributed by atoms with Gasteiger partial charge in [0.25, 0.3) is 0 Å². The summed E-state index contributed by atoms with van der Waals surface area (Å²) >= 11 is 0. The fraction of sp³-hybridized carbons (Fsp3) is 1.00. The molecule has 0 amide bonds. The van der Waals surface area contributed by atoms with Crippen molar-refractivity contribution in [3.63, 3.8) is 0 Å². The number of hydrogen-bond donors (Lipinski definition) is 1. The van der Waals surface area contributed by atoms with Gasteiger partial charge in [-0.05, 0) is 0 Å². The maximum Gasteiger partial charge on any atom is 0.188 e. The molecule has 0 aromatic rings. The van der Waals surface area contributed by atoms with Crippen LogP contribution in [-0.4, -0.2) is 74.4 Å². The molecule has 0 unspecified atom stereocenters. The van der Waals surface area contributed by atoms with Crippen molar-refractivity contribution in [3.8, 4) is 0 Å². The number of rotatable bonds is 1. The Bertz CT molecular complexity index is 198. The molecule has 0 radical (unpaired) electrons. The van der Waals surface area contributed by atoms with E-state index in [1.807, 2.05) is 0 Å². The first-order valence-electron chi connectivity index (χ1n) is 5.74. The van der Waals surface area contributed by atoms with E-state index in [1.165, 1.54) is 61.3 Å². The molecule has 0 aliphatic carbocycles. The molecule has 4 heterocycles. The molecule has 0 saturated carbocycles. The highest BCUT2D eigenvalue weighted by Gasteiger charge is 2.53. The predicted octanol–water partition coefficient (Wildman–Crippen LogP) is -1.78. The molecule has 3 heteroatoms. The van der Waals surface area contributed by atoms with Crippen LogP contribution in [0.3, 0.4) is 0 Å². The minimum atomic E-state index is 1.02. The monoisotopic (exact) mass is 184 g/mol. The molecule has 0 atom stereocenters. The Morgan fingerprint density at radius 2 is 1.46 bits per heavy atom. The van der Waals surface area contributed by atoms with Crippen molar-refractivity contribution in [2.24, 2.45) is 0 Å². The van der Waals surface area contributed by atoms with Gasteiger partial charge < -0.3 is 9.80 Å². The first kappa shape index (κ1) is 8.21. The van der Waals surface area contributed by atoms with E-state index in [-0.39, 0.29) is 0 Å². The van der Waals surface area contributed by atoms with Gasteiger partial charge in [0, 0.05) is 0 Å². The molecular weight excluding hydrogens is 162 g/mol. The summed E-state index contributed by atoms with van der Waals surface area (Å²) in [5, 5.41) is 2.47. The van der Waals surface area contributed by atoms with Gasteiger partial charge in [0.2, 0.25) is 0 Å². The number of likely N-dealkylation sites (N-methyl/N-ethyl adjacent to an activating group) is 1. The van der Waals surface area contributed by atoms with Crippen molar-refractivity contribution < 1.29 is 14.3 Å². The number of piperazine rings is 3. The van der Waals surface area contributed by atoms with E-state index in [0.717, 1.165) is 6.04 Å². The molecule has 2 N–H and O–H groups in total. The fourth-order valence-electron chi connectivity index (χ4n) is 3.30. The average molecular weight is 184 g/mol. The van der Waals surface area contributed by atoms with Crippen LogP contribution in [0.25, 0.3) is 0 Å². The fourth-order valence-corrected chi connectivity index (χ4v) is 3.30. The van der Waals surface area contributed by atoms with E-state index in [9.17, 15) is 0 Å². The van der Waals surface area contributed by atoms with Gasteiger partial charge in [0.1, 0.15) is 52.4 Å². The second kappa shape index (κ2) is 2.47. The summed E-state index contributed by atoms with van der Waals surface area (Å²) in [5.41, 5.74) is 0. The molecule has 2 bridgehead atoms. The molecule has 4 aliphatic rings. The van der Waals surface area contributed by atoms with E-state index in [2.05, 4.69) is 12.4 Å². The number of nitrogens with zero attached hydrogens (tertiary/aromatic N) is 2. The van der Waals surface area contributed by atoms with Crippen LogP contribution in [0.5, 0.6) is 0 Å². The lowest BCUT2D eigenvalue weighted by Crippen LogP contribution is -3.03. The molecule has 4 saturated heterocycles. The summed E-state index contributed by atoms with van der Waals surface area (Å²) in [6.45, 7) is 11.5. The van der Waals surface area contributed by atoms with Gasteiger partial charge in [-0.15, -0.1) is 0 Å². The van der Waals surface area contributed by atoms with Crippen molar-refractivity contribution in [2.45, 2.75) is 6.04 Å². The summed E-state index contributed by atoms with van der Waals surface area (Å²) in [4.78, 5) is 0. The Balaban J connectivity index is 1.79. The van der Waals surface area contributed by atoms with Crippen LogP contribution in [0.15, 0.2) is 0 Å². The van der Waals surface area contributed by atoms with E-state index < -0.39 is 0 Å². The zero-order valence-electron chi connectivity index (χ0n) is 8.71. The number of hydrogen-bond acceptors (Lipinski definition) is 0. The molecular formula is C10H22N3+3. The van der Waals surface area contributed by atoms with Gasteiger partial charge in [-0.3, -0.25) is 4.48 Å². The smallest absolute Gasteiger partial charge is 0.188 e. The van der Waals surface area contributed by atoms with E-state index in [4.69, 9.17) is 0 Å². The third kappa shape index (κ3) is 1.07. The lowest BCUT2D eigenvalue weighted by atomic mass is 9.99. The van der Waals surface area contributed by atoms with Crippen LogP contribution in [-0.2, 0) is 0 Å². The van der Waals surface area contributed by atoms with Crippen LogP contribution in [0.1, 0.15) is 0 Å². The zero-order valence-corrected chi connectivity index (χ0v) is 8.71. The number of nitrogens with two attached hydrogens (primary N) is 1. The first-order chi connectivity index (χ1) is 6.23. The van der Waals surface area contributed by atoms with Crippen molar-refractivity contribution in [3.05, 3.63) is 0 Å². The minimum absolute atomic E-state index is 1.02. The maximum absolute atomic E-state index is 2.47. The topological polar surface area (TPSA) is 16.6 Å². The van der Waals surface area contributed by atoms with Crippen LogP contribution < -0.4 is 5.32 Å². The third-order valence-electron chi connectivity index (χ3n) is 4.91. The standard InChI is InChI=1S/C10H21N3/c1-12-2-5-13(6-3-12,7-4-12)10-8-11-9-10/h10-11H,2-9H2,1H3/q+2/p+1. The third-order valence-corrected chi connectivity index (χ3v) is 4.91.